The zero-order valence-electron chi connectivity index (χ0n) is 13.6. The van der Waals surface area contributed by atoms with E-state index in [2.05, 4.69) is 15.3 Å². The molecule has 0 saturated heterocycles. The SMILES string of the molecule is O=C1[N]C=Cc2c1c1ccncc1c1nc([C@H]3CC[C@H](O)CC3)[nH]c21. The van der Waals surface area contributed by atoms with Crippen LogP contribution in [0.1, 0.15) is 53.3 Å². The number of hydrogen-bond donors (Lipinski definition) is 2. The van der Waals surface area contributed by atoms with Gasteiger partial charge in [-0.2, -0.15) is 0 Å². The Morgan fingerprint density at radius 1 is 1.16 bits per heavy atom. The lowest BCUT2D eigenvalue weighted by Gasteiger charge is -2.23. The van der Waals surface area contributed by atoms with Crippen molar-refractivity contribution >= 4 is 33.8 Å². The van der Waals surface area contributed by atoms with Gasteiger partial charge in [0, 0.05) is 40.8 Å². The van der Waals surface area contributed by atoms with Gasteiger partial charge in [0.25, 0.3) is 5.91 Å². The normalized spacial score (nSPS) is 23.0. The van der Waals surface area contributed by atoms with Gasteiger partial charge in [0.15, 0.2) is 0 Å². The average molecular weight is 333 g/mol. The smallest absolute Gasteiger partial charge is 0.278 e. The summed E-state index contributed by atoms with van der Waals surface area (Å²) in [5.41, 5.74) is 3.18. The van der Waals surface area contributed by atoms with Crippen molar-refractivity contribution in [2.45, 2.75) is 37.7 Å². The third-order valence-electron chi connectivity index (χ3n) is 5.34. The number of nitrogens with zero attached hydrogens (tertiary/aromatic N) is 3. The first-order chi connectivity index (χ1) is 12.2. The molecule has 0 unspecified atom stereocenters. The summed E-state index contributed by atoms with van der Waals surface area (Å²) >= 11 is 0. The van der Waals surface area contributed by atoms with Crippen LogP contribution >= 0.6 is 0 Å². The molecule has 1 fully saturated rings. The number of aliphatic hydroxyl groups excluding tert-OH is 1. The Kier molecular flexibility index (Phi) is 3.15. The van der Waals surface area contributed by atoms with Crippen LogP contribution in [0.25, 0.3) is 27.9 Å². The molecule has 6 heteroatoms. The summed E-state index contributed by atoms with van der Waals surface area (Å²) in [5, 5.41) is 15.4. The van der Waals surface area contributed by atoms with E-state index in [-0.39, 0.29) is 12.0 Å². The second-order valence-electron chi connectivity index (χ2n) is 6.81. The molecule has 3 heterocycles. The highest BCUT2D eigenvalue weighted by atomic mass is 16.3. The fraction of sp³-hybridized carbons (Fsp3) is 0.316. The Labute approximate surface area is 144 Å². The second-order valence-corrected chi connectivity index (χ2v) is 6.81. The van der Waals surface area contributed by atoms with Crippen LogP contribution in [0, 0.1) is 0 Å². The molecule has 5 rings (SSSR count). The van der Waals surface area contributed by atoms with E-state index in [9.17, 15) is 9.90 Å². The van der Waals surface area contributed by atoms with Gasteiger partial charge >= 0.3 is 0 Å². The molecule has 0 atom stereocenters. The number of H-pyrrole nitrogens is 1. The van der Waals surface area contributed by atoms with Crippen LogP contribution in [0.2, 0.25) is 0 Å². The standard InChI is InChI=1S/C19H17N4O2/c24-11-3-1-10(2-4-11)18-22-16-13-6-8-21-19(25)15(13)12-5-7-20-9-14(12)17(16)23-18/h5-11,24H,1-4H2,(H,22,23)/t10-,11-. The number of fused-ring (bicyclic) bond motifs is 6. The maximum atomic E-state index is 12.4. The van der Waals surface area contributed by atoms with E-state index in [4.69, 9.17) is 4.98 Å². The van der Waals surface area contributed by atoms with Crippen molar-refractivity contribution in [3.63, 3.8) is 0 Å². The average Bonchev–Trinajstić information content (AvgIpc) is 3.08. The minimum atomic E-state index is -0.229. The minimum Gasteiger partial charge on any atom is -0.393 e. The minimum absolute atomic E-state index is 0.194. The van der Waals surface area contributed by atoms with Crippen molar-refractivity contribution < 1.29 is 9.90 Å². The molecule has 125 valence electrons. The van der Waals surface area contributed by atoms with Gasteiger partial charge in [-0.05, 0) is 37.8 Å². The zero-order chi connectivity index (χ0) is 17.0. The lowest BCUT2D eigenvalue weighted by atomic mass is 9.87. The number of pyridine rings is 1. The molecule has 3 aromatic rings. The molecule has 25 heavy (non-hydrogen) atoms. The highest BCUT2D eigenvalue weighted by Gasteiger charge is 2.27. The Hall–Kier alpha value is -2.73. The number of rotatable bonds is 1. The van der Waals surface area contributed by atoms with Crippen LogP contribution in [-0.4, -0.2) is 32.1 Å². The van der Waals surface area contributed by atoms with E-state index in [0.29, 0.717) is 11.5 Å². The third-order valence-corrected chi connectivity index (χ3v) is 5.34. The molecule has 1 radical (unpaired) electrons. The van der Waals surface area contributed by atoms with Crippen LogP contribution in [0.15, 0.2) is 24.7 Å². The molecule has 1 amide bonds. The fourth-order valence-corrected chi connectivity index (χ4v) is 4.04. The topological polar surface area (TPSA) is 93.0 Å². The molecule has 1 saturated carbocycles. The van der Waals surface area contributed by atoms with E-state index < -0.39 is 0 Å². The summed E-state index contributed by atoms with van der Waals surface area (Å²) in [4.78, 5) is 24.9. The largest absolute Gasteiger partial charge is 0.393 e. The summed E-state index contributed by atoms with van der Waals surface area (Å²) in [6.45, 7) is 0. The fourth-order valence-electron chi connectivity index (χ4n) is 4.04. The van der Waals surface area contributed by atoms with Crippen LogP contribution in [-0.2, 0) is 0 Å². The van der Waals surface area contributed by atoms with Gasteiger partial charge in [-0.3, -0.25) is 9.78 Å². The van der Waals surface area contributed by atoms with Crippen molar-refractivity contribution in [1.82, 2.24) is 20.3 Å². The molecular formula is C19H17N4O2. The number of carbonyl (C=O) groups excluding carboxylic acids is 1. The molecule has 2 aliphatic rings. The molecule has 2 aromatic heterocycles. The summed E-state index contributed by atoms with van der Waals surface area (Å²) in [5.74, 6) is 1.02. The van der Waals surface area contributed by atoms with Crippen LogP contribution < -0.4 is 5.32 Å². The van der Waals surface area contributed by atoms with Gasteiger partial charge in [-0.15, -0.1) is 0 Å². The van der Waals surface area contributed by atoms with E-state index in [1.165, 1.54) is 0 Å². The van der Waals surface area contributed by atoms with Gasteiger partial charge in [-0.25, -0.2) is 10.3 Å². The number of nitrogens with one attached hydrogen (secondary N) is 1. The summed E-state index contributed by atoms with van der Waals surface area (Å²) in [6, 6.07) is 1.85. The Morgan fingerprint density at radius 3 is 2.84 bits per heavy atom. The Bertz CT molecular complexity index is 1030. The maximum Gasteiger partial charge on any atom is 0.278 e. The summed E-state index contributed by atoms with van der Waals surface area (Å²) in [7, 11) is 0. The molecule has 0 bridgehead atoms. The van der Waals surface area contributed by atoms with Crippen molar-refractivity contribution in [2.75, 3.05) is 0 Å². The van der Waals surface area contributed by atoms with E-state index >= 15 is 0 Å². The van der Waals surface area contributed by atoms with Gasteiger partial charge < -0.3 is 10.1 Å². The quantitative estimate of drug-likeness (QED) is 0.716. The van der Waals surface area contributed by atoms with Crippen LogP contribution in [0.3, 0.4) is 0 Å². The van der Waals surface area contributed by atoms with E-state index in [0.717, 1.165) is 58.9 Å². The number of aliphatic hydroxyl groups is 1. The number of benzene rings is 1. The Morgan fingerprint density at radius 2 is 2.00 bits per heavy atom. The van der Waals surface area contributed by atoms with Gasteiger partial charge in [0.2, 0.25) is 0 Å². The highest BCUT2D eigenvalue weighted by molar-refractivity contribution is 6.20. The maximum absolute atomic E-state index is 12.4. The third kappa shape index (κ3) is 2.17. The number of carbonyl (C=O) groups is 1. The predicted octanol–water partition coefficient (Wildman–Crippen LogP) is 2.86. The first kappa shape index (κ1) is 14.6. The summed E-state index contributed by atoms with van der Waals surface area (Å²) < 4.78 is 0. The van der Waals surface area contributed by atoms with Gasteiger partial charge in [0.1, 0.15) is 5.82 Å². The van der Waals surface area contributed by atoms with Crippen LogP contribution in [0.5, 0.6) is 0 Å². The summed E-state index contributed by atoms with van der Waals surface area (Å²) in [6.07, 6.45) is 10.1. The lowest BCUT2D eigenvalue weighted by Crippen LogP contribution is -2.17. The Balaban J connectivity index is 1.77. The van der Waals surface area contributed by atoms with Crippen molar-refractivity contribution in [3.8, 4) is 0 Å². The van der Waals surface area contributed by atoms with Crippen LogP contribution in [0.4, 0.5) is 0 Å². The molecular weight excluding hydrogens is 316 g/mol. The lowest BCUT2D eigenvalue weighted by molar-refractivity contribution is 0.0966. The number of amides is 1. The van der Waals surface area contributed by atoms with Crippen molar-refractivity contribution in [1.29, 1.82) is 0 Å². The van der Waals surface area contributed by atoms with Crippen molar-refractivity contribution in [2.24, 2.45) is 0 Å². The number of hydrogen-bond acceptors (Lipinski definition) is 4. The van der Waals surface area contributed by atoms with Gasteiger partial charge in [0.05, 0.1) is 22.7 Å². The molecule has 0 spiro atoms. The first-order valence-corrected chi connectivity index (χ1v) is 8.61. The highest BCUT2D eigenvalue weighted by Crippen LogP contribution is 2.37. The molecule has 6 nitrogen and oxygen atoms in total. The molecule has 1 aliphatic heterocycles. The van der Waals surface area contributed by atoms with Gasteiger partial charge in [-0.1, -0.05) is 0 Å². The van der Waals surface area contributed by atoms with E-state index in [1.807, 2.05) is 12.1 Å². The number of aromatic amines is 1. The van der Waals surface area contributed by atoms with Crippen molar-refractivity contribution in [3.05, 3.63) is 41.6 Å². The number of imidazole rings is 1. The zero-order valence-corrected chi connectivity index (χ0v) is 13.6. The molecule has 1 aromatic carbocycles. The van der Waals surface area contributed by atoms with E-state index in [1.54, 1.807) is 18.6 Å². The predicted molar refractivity (Wildman–Crippen MR) is 94.1 cm³/mol. The molecule has 2 N–H and O–H groups in total. The number of aromatic nitrogens is 3. The first-order valence-electron chi connectivity index (χ1n) is 8.61. The second kappa shape index (κ2) is 5.39. The molecule has 1 aliphatic carbocycles. The monoisotopic (exact) mass is 333 g/mol.